The van der Waals surface area contributed by atoms with Gasteiger partial charge in [-0.05, 0) is 6.42 Å². The van der Waals surface area contributed by atoms with Crippen LogP contribution in [0.4, 0.5) is 0 Å². The Balaban J connectivity index is 3.29. The molecule has 0 aromatic rings. The third-order valence-corrected chi connectivity index (χ3v) is 3.04. The minimum Gasteiger partial charge on any atom is -0.394 e. The lowest BCUT2D eigenvalue weighted by molar-refractivity contribution is 0.00801. The van der Waals surface area contributed by atoms with E-state index in [0.29, 0.717) is 39.6 Å². The van der Waals surface area contributed by atoms with E-state index < -0.39 is 5.54 Å². The summed E-state index contributed by atoms with van der Waals surface area (Å²) in [4.78, 5) is 0. The lowest BCUT2D eigenvalue weighted by Crippen LogP contribution is -2.55. The molecule has 0 unspecified atom stereocenters. The van der Waals surface area contributed by atoms with Crippen LogP contribution in [0.1, 0.15) is 19.8 Å². The van der Waals surface area contributed by atoms with Crippen LogP contribution in [0, 0.1) is 0 Å². The number of aliphatic hydroxyl groups excluding tert-OH is 3. The lowest BCUT2D eigenvalue weighted by atomic mass is 10.0. The van der Waals surface area contributed by atoms with Gasteiger partial charge in [0.05, 0.1) is 58.4 Å². The molecule has 0 aliphatic heterocycles. The summed E-state index contributed by atoms with van der Waals surface area (Å²) in [7, 11) is 0. The van der Waals surface area contributed by atoms with E-state index in [1.54, 1.807) is 0 Å². The maximum Gasteiger partial charge on any atom is 0.0882 e. The van der Waals surface area contributed by atoms with Crippen molar-refractivity contribution < 1.29 is 29.5 Å². The smallest absolute Gasteiger partial charge is 0.0882 e. The Morgan fingerprint density at radius 3 is 1.71 bits per heavy atom. The Kier molecular flexibility index (Phi) is 14.5. The molecular weight excluding hydrogens is 278 g/mol. The fraction of sp³-hybridized carbons (Fsp3) is 1.00. The second-order valence-corrected chi connectivity index (χ2v) is 4.87. The van der Waals surface area contributed by atoms with Gasteiger partial charge in [0.25, 0.3) is 0 Å². The Hall–Kier alpha value is -0.280. The van der Waals surface area contributed by atoms with Crippen molar-refractivity contribution in [1.29, 1.82) is 0 Å². The van der Waals surface area contributed by atoms with E-state index in [9.17, 15) is 0 Å². The number of aliphatic hydroxyl groups is 3. The minimum atomic E-state index is -1.05. The van der Waals surface area contributed by atoms with Crippen molar-refractivity contribution in [2.24, 2.45) is 0 Å². The van der Waals surface area contributed by atoms with Crippen LogP contribution in [0.15, 0.2) is 0 Å². The first-order chi connectivity index (χ1) is 10.2. The van der Waals surface area contributed by atoms with Gasteiger partial charge in [0.2, 0.25) is 0 Å². The molecule has 0 aliphatic carbocycles. The van der Waals surface area contributed by atoms with E-state index in [0.717, 1.165) is 19.4 Å². The summed E-state index contributed by atoms with van der Waals surface area (Å²) in [5, 5.41) is 30.2. The summed E-state index contributed by atoms with van der Waals surface area (Å²) in [6, 6.07) is 0. The monoisotopic (exact) mass is 309 g/mol. The molecule has 0 aromatic heterocycles. The average Bonchev–Trinajstić information content (AvgIpc) is 2.53. The highest BCUT2D eigenvalue weighted by molar-refractivity contribution is 4.85. The molecule has 0 atom stereocenters. The van der Waals surface area contributed by atoms with Crippen LogP contribution in [0.25, 0.3) is 0 Å². The molecular formula is C14H31NO6. The van der Waals surface area contributed by atoms with E-state index in [4.69, 9.17) is 29.5 Å². The van der Waals surface area contributed by atoms with Crippen LogP contribution in [-0.2, 0) is 14.2 Å². The molecule has 0 bridgehead atoms. The summed E-state index contributed by atoms with van der Waals surface area (Å²) in [5.41, 5.74) is -1.05. The van der Waals surface area contributed by atoms with Crippen LogP contribution in [-0.4, -0.2) is 86.9 Å². The number of nitrogens with one attached hydrogen (secondary N) is 1. The zero-order valence-corrected chi connectivity index (χ0v) is 13.1. The Bertz CT molecular complexity index is 205. The second-order valence-electron chi connectivity index (χ2n) is 4.87. The van der Waals surface area contributed by atoms with Gasteiger partial charge in [-0.3, -0.25) is 0 Å². The molecule has 7 heteroatoms. The second kappa shape index (κ2) is 14.6. The summed E-state index contributed by atoms with van der Waals surface area (Å²) in [6.45, 7) is 4.90. The summed E-state index contributed by atoms with van der Waals surface area (Å²) in [6.07, 6.45) is 2.21. The van der Waals surface area contributed by atoms with Crippen molar-refractivity contribution in [3.05, 3.63) is 0 Å². The highest BCUT2D eigenvalue weighted by Gasteiger charge is 2.26. The van der Waals surface area contributed by atoms with Crippen LogP contribution in [0.3, 0.4) is 0 Å². The van der Waals surface area contributed by atoms with E-state index in [1.807, 2.05) is 0 Å². The minimum absolute atomic E-state index is 0.332. The number of rotatable bonds is 16. The highest BCUT2D eigenvalue weighted by atomic mass is 16.5. The first-order valence-corrected chi connectivity index (χ1v) is 7.55. The van der Waals surface area contributed by atoms with Crippen molar-refractivity contribution in [2.75, 3.05) is 66.0 Å². The molecule has 0 aliphatic rings. The molecule has 0 heterocycles. The number of unbranched alkanes of at least 4 members (excludes halogenated alkanes) is 1. The van der Waals surface area contributed by atoms with E-state index in [1.165, 1.54) is 0 Å². The van der Waals surface area contributed by atoms with Gasteiger partial charge >= 0.3 is 0 Å². The summed E-state index contributed by atoms with van der Waals surface area (Å²) < 4.78 is 16.0. The molecule has 128 valence electrons. The predicted octanol–water partition coefficient (Wildman–Crippen LogP) is -0.858. The van der Waals surface area contributed by atoms with Gasteiger partial charge in [-0.1, -0.05) is 13.3 Å². The zero-order valence-electron chi connectivity index (χ0n) is 13.1. The van der Waals surface area contributed by atoms with Crippen molar-refractivity contribution in [1.82, 2.24) is 5.32 Å². The van der Waals surface area contributed by atoms with Crippen molar-refractivity contribution in [3.63, 3.8) is 0 Å². The molecule has 0 aromatic carbocycles. The normalized spacial score (nSPS) is 12.0. The molecule has 0 radical (unpaired) electrons. The van der Waals surface area contributed by atoms with E-state index in [-0.39, 0.29) is 19.8 Å². The first-order valence-electron chi connectivity index (χ1n) is 7.55. The predicted molar refractivity (Wildman–Crippen MR) is 79.4 cm³/mol. The SMILES string of the molecule is CCCCOCCOCCOCCNC(CO)(CO)CO. The van der Waals surface area contributed by atoms with Crippen LogP contribution < -0.4 is 5.32 Å². The standard InChI is InChI=1S/C14H31NO6/c1-2-3-5-19-7-9-21-10-8-20-6-4-15-14(11-16,12-17)13-18/h15-18H,2-13H2,1H3. The number of hydrogen-bond donors (Lipinski definition) is 4. The summed E-state index contributed by atoms with van der Waals surface area (Å²) in [5.74, 6) is 0. The number of ether oxygens (including phenoxy) is 3. The van der Waals surface area contributed by atoms with Crippen LogP contribution >= 0.6 is 0 Å². The lowest BCUT2D eigenvalue weighted by Gasteiger charge is -2.28. The Morgan fingerprint density at radius 2 is 1.24 bits per heavy atom. The third kappa shape index (κ3) is 11.0. The average molecular weight is 309 g/mol. The molecule has 0 saturated heterocycles. The Morgan fingerprint density at radius 1 is 0.762 bits per heavy atom. The molecule has 0 rings (SSSR count). The molecule has 0 fully saturated rings. The maximum atomic E-state index is 9.10. The topological polar surface area (TPSA) is 100 Å². The van der Waals surface area contributed by atoms with Gasteiger partial charge < -0.3 is 34.8 Å². The van der Waals surface area contributed by atoms with Crippen LogP contribution in [0.5, 0.6) is 0 Å². The van der Waals surface area contributed by atoms with E-state index in [2.05, 4.69) is 12.2 Å². The van der Waals surface area contributed by atoms with Crippen molar-refractivity contribution in [3.8, 4) is 0 Å². The quantitative estimate of drug-likeness (QED) is 0.275. The van der Waals surface area contributed by atoms with Gasteiger partial charge in [0, 0.05) is 13.2 Å². The summed E-state index contributed by atoms with van der Waals surface area (Å²) >= 11 is 0. The zero-order chi connectivity index (χ0) is 15.8. The van der Waals surface area contributed by atoms with Gasteiger partial charge in [0.1, 0.15) is 0 Å². The fourth-order valence-corrected chi connectivity index (χ4v) is 1.49. The Labute approximate surface area is 127 Å². The van der Waals surface area contributed by atoms with Gasteiger partial charge in [-0.25, -0.2) is 0 Å². The van der Waals surface area contributed by atoms with Crippen molar-refractivity contribution >= 4 is 0 Å². The van der Waals surface area contributed by atoms with Crippen molar-refractivity contribution in [2.45, 2.75) is 25.3 Å². The van der Waals surface area contributed by atoms with E-state index >= 15 is 0 Å². The molecule has 4 N–H and O–H groups in total. The fourth-order valence-electron chi connectivity index (χ4n) is 1.49. The van der Waals surface area contributed by atoms with Gasteiger partial charge in [-0.2, -0.15) is 0 Å². The molecule has 0 amide bonds. The van der Waals surface area contributed by atoms with Crippen LogP contribution in [0.2, 0.25) is 0 Å². The molecule has 0 saturated carbocycles. The van der Waals surface area contributed by atoms with Gasteiger partial charge in [0.15, 0.2) is 0 Å². The largest absolute Gasteiger partial charge is 0.394 e. The first kappa shape index (κ1) is 20.7. The third-order valence-electron chi connectivity index (χ3n) is 3.04. The number of hydrogen-bond acceptors (Lipinski definition) is 7. The molecule has 7 nitrogen and oxygen atoms in total. The van der Waals surface area contributed by atoms with Gasteiger partial charge in [-0.15, -0.1) is 0 Å². The molecule has 0 spiro atoms. The molecule has 21 heavy (non-hydrogen) atoms. The maximum absolute atomic E-state index is 9.10. The highest BCUT2D eigenvalue weighted by Crippen LogP contribution is 2.00.